The van der Waals surface area contributed by atoms with Crippen LogP contribution in [0.15, 0.2) is 53.5 Å². The Labute approximate surface area is 210 Å². The number of nitrogens with zero attached hydrogens (tertiary/aromatic N) is 4. The second kappa shape index (κ2) is 10.6. The van der Waals surface area contributed by atoms with Crippen molar-refractivity contribution >= 4 is 17.0 Å². The zero-order valence-electron chi connectivity index (χ0n) is 21.0. The van der Waals surface area contributed by atoms with Crippen LogP contribution in [0.1, 0.15) is 24.6 Å². The lowest BCUT2D eigenvalue weighted by Gasteiger charge is -2.24. The molecule has 5 rings (SSSR count). The van der Waals surface area contributed by atoms with Crippen LogP contribution in [0.3, 0.4) is 0 Å². The summed E-state index contributed by atoms with van der Waals surface area (Å²) in [6, 6.07) is 14.1. The highest BCUT2D eigenvalue weighted by atomic mass is 16.5. The average Bonchev–Trinajstić information content (AvgIpc) is 2.89. The van der Waals surface area contributed by atoms with Crippen LogP contribution in [0.4, 0.5) is 5.95 Å². The van der Waals surface area contributed by atoms with Crippen LogP contribution in [-0.2, 0) is 11.3 Å². The van der Waals surface area contributed by atoms with Gasteiger partial charge >= 0.3 is 0 Å². The highest BCUT2D eigenvalue weighted by Crippen LogP contribution is 2.28. The van der Waals surface area contributed by atoms with Crippen molar-refractivity contribution < 1.29 is 4.74 Å². The molecule has 2 N–H and O–H groups in total. The van der Waals surface area contributed by atoms with Gasteiger partial charge in [0.15, 0.2) is 0 Å². The monoisotopic (exact) mass is 484 g/mol. The molecule has 0 amide bonds. The number of hydrogen-bond acceptors (Lipinski definition) is 7. The van der Waals surface area contributed by atoms with E-state index in [0.29, 0.717) is 36.9 Å². The van der Waals surface area contributed by atoms with Gasteiger partial charge in [-0.3, -0.25) is 14.3 Å². The minimum absolute atomic E-state index is 0.0584. The number of benzene rings is 1. The second-order valence-electron chi connectivity index (χ2n) is 9.20. The van der Waals surface area contributed by atoms with Crippen molar-refractivity contribution in [1.82, 2.24) is 24.8 Å². The van der Waals surface area contributed by atoms with E-state index < -0.39 is 0 Å². The van der Waals surface area contributed by atoms with E-state index in [1.54, 1.807) is 10.8 Å². The normalized spacial score (nSPS) is 15.8. The van der Waals surface area contributed by atoms with Gasteiger partial charge in [0.1, 0.15) is 5.65 Å². The lowest BCUT2D eigenvalue weighted by atomic mass is 9.97. The summed E-state index contributed by atoms with van der Waals surface area (Å²) >= 11 is 0. The Morgan fingerprint density at radius 3 is 2.78 bits per heavy atom. The van der Waals surface area contributed by atoms with Gasteiger partial charge in [-0.05, 0) is 62.6 Å². The smallest absolute Gasteiger partial charge is 0.260 e. The average molecular weight is 485 g/mol. The summed E-state index contributed by atoms with van der Waals surface area (Å²) in [5.74, 6) is 0.521. The number of hydrogen-bond donors (Lipinski definition) is 2. The quantitative estimate of drug-likeness (QED) is 0.410. The van der Waals surface area contributed by atoms with E-state index in [4.69, 9.17) is 4.74 Å². The molecule has 1 aliphatic rings. The molecule has 1 aromatic carbocycles. The fraction of sp³-hybridized carbons (Fsp3) is 0.357. The molecule has 3 aromatic heterocycles. The fourth-order valence-corrected chi connectivity index (χ4v) is 4.71. The van der Waals surface area contributed by atoms with E-state index in [-0.39, 0.29) is 11.7 Å². The Morgan fingerprint density at radius 1 is 1.14 bits per heavy atom. The van der Waals surface area contributed by atoms with Crippen LogP contribution >= 0.6 is 0 Å². The minimum atomic E-state index is -0.0584. The third-order valence-electron chi connectivity index (χ3n) is 6.54. The molecular formula is C28H32N6O2. The Kier molecular flexibility index (Phi) is 7.06. The van der Waals surface area contributed by atoms with E-state index in [1.165, 1.54) is 0 Å². The molecule has 4 aromatic rings. The maximum absolute atomic E-state index is 13.9. The van der Waals surface area contributed by atoms with E-state index >= 15 is 0 Å². The van der Waals surface area contributed by atoms with Gasteiger partial charge in [0.2, 0.25) is 5.95 Å². The molecule has 0 bridgehead atoms. The maximum Gasteiger partial charge on any atom is 0.260 e. The number of pyridine rings is 2. The molecule has 4 heterocycles. The zero-order chi connectivity index (χ0) is 25.1. The van der Waals surface area contributed by atoms with Gasteiger partial charge in [-0.15, -0.1) is 0 Å². The Hall–Kier alpha value is -3.62. The van der Waals surface area contributed by atoms with Crippen molar-refractivity contribution in [2.75, 3.05) is 31.6 Å². The lowest BCUT2D eigenvalue weighted by molar-refractivity contribution is 0.0211. The van der Waals surface area contributed by atoms with Crippen molar-refractivity contribution in [3.8, 4) is 22.4 Å². The van der Waals surface area contributed by atoms with Gasteiger partial charge in [0, 0.05) is 54.6 Å². The maximum atomic E-state index is 13.9. The van der Waals surface area contributed by atoms with Gasteiger partial charge in [-0.2, -0.15) is 4.98 Å². The zero-order valence-corrected chi connectivity index (χ0v) is 21.0. The fourth-order valence-electron chi connectivity index (χ4n) is 4.71. The van der Waals surface area contributed by atoms with Crippen LogP contribution in [0.2, 0.25) is 0 Å². The number of ether oxygens (including phenoxy) is 1. The van der Waals surface area contributed by atoms with Crippen LogP contribution in [0.5, 0.6) is 0 Å². The standard InChI is InChI=1S/C28H32N6O2/c1-4-30-28-31-16-21-15-24(23-9-8-20(14-18(23)2)25-7-5-6-19(3)32-25)27(35)34(26(21)33-28)12-10-22-17-29-11-13-36-22/h5-9,14-16,22,29H,4,10-13,17H2,1-3H3,(H,30,31,33). The molecule has 8 heteroatoms. The molecule has 1 saturated heterocycles. The predicted octanol–water partition coefficient (Wildman–Crippen LogP) is 3.95. The third kappa shape index (κ3) is 5.01. The van der Waals surface area contributed by atoms with E-state index in [0.717, 1.165) is 53.0 Å². The van der Waals surface area contributed by atoms with Gasteiger partial charge in [0.05, 0.1) is 18.4 Å². The first-order valence-corrected chi connectivity index (χ1v) is 12.6. The number of fused-ring (bicyclic) bond motifs is 1. The number of anilines is 1. The van der Waals surface area contributed by atoms with Gasteiger partial charge in [-0.1, -0.05) is 18.2 Å². The van der Waals surface area contributed by atoms with Gasteiger partial charge < -0.3 is 15.4 Å². The van der Waals surface area contributed by atoms with Crippen LogP contribution in [0.25, 0.3) is 33.4 Å². The van der Waals surface area contributed by atoms with E-state index in [1.807, 2.05) is 57.2 Å². The molecule has 1 aliphatic heterocycles. The third-order valence-corrected chi connectivity index (χ3v) is 6.54. The summed E-state index contributed by atoms with van der Waals surface area (Å²) in [5.41, 5.74) is 6.07. The Bertz CT molecular complexity index is 1440. The first kappa shape index (κ1) is 24.1. The number of aromatic nitrogens is 4. The Balaban J connectivity index is 1.58. The highest BCUT2D eigenvalue weighted by Gasteiger charge is 2.18. The Morgan fingerprint density at radius 2 is 2.03 bits per heavy atom. The first-order chi connectivity index (χ1) is 17.5. The number of aryl methyl sites for hydroxylation is 3. The molecule has 1 fully saturated rings. The molecule has 36 heavy (non-hydrogen) atoms. The van der Waals surface area contributed by atoms with Crippen LogP contribution in [-0.4, -0.2) is 51.9 Å². The summed E-state index contributed by atoms with van der Waals surface area (Å²) in [7, 11) is 0. The molecule has 8 nitrogen and oxygen atoms in total. The topological polar surface area (TPSA) is 94.0 Å². The molecule has 1 atom stereocenters. The SMILES string of the molecule is CCNc1ncc2cc(-c3ccc(-c4cccc(C)n4)cc3C)c(=O)n(CCC3CNCCO3)c2n1. The van der Waals surface area contributed by atoms with Crippen molar-refractivity contribution in [3.05, 3.63) is 70.3 Å². The van der Waals surface area contributed by atoms with Crippen molar-refractivity contribution in [2.24, 2.45) is 0 Å². The summed E-state index contributed by atoms with van der Waals surface area (Å²) in [4.78, 5) is 27.7. The van der Waals surface area contributed by atoms with Crippen molar-refractivity contribution in [3.63, 3.8) is 0 Å². The number of morpholine rings is 1. The predicted molar refractivity (Wildman–Crippen MR) is 143 cm³/mol. The minimum Gasteiger partial charge on any atom is -0.376 e. The van der Waals surface area contributed by atoms with Crippen LogP contribution in [0, 0.1) is 13.8 Å². The molecule has 186 valence electrons. The van der Waals surface area contributed by atoms with Gasteiger partial charge in [0.25, 0.3) is 5.56 Å². The molecule has 1 unspecified atom stereocenters. The van der Waals surface area contributed by atoms with E-state index in [2.05, 4.69) is 31.7 Å². The summed E-state index contributed by atoms with van der Waals surface area (Å²) in [6.45, 7) is 9.58. The number of nitrogens with one attached hydrogen (secondary N) is 2. The van der Waals surface area contributed by atoms with Gasteiger partial charge in [-0.25, -0.2) is 4.98 Å². The largest absolute Gasteiger partial charge is 0.376 e. The second-order valence-corrected chi connectivity index (χ2v) is 9.20. The summed E-state index contributed by atoms with van der Waals surface area (Å²) < 4.78 is 7.66. The van der Waals surface area contributed by atoms with Crippen LogP contribution < -0.4 is 16.2 Å². The lowest BCUT2D eigenvalue weighted by Crippen LogP contribution is -2.39. The molecule has 0 saturated carbocycles. The van der Waals surface area contributed by atoms with E-state index in [9.17, 15) is 4.79 Å². The molecule has 0 radical (unpaired) electrons. The van der Waals surface area contributed by atoms with Crippen molar-refractivity contribution in [1.29, 1.82) is 0 Å². The molecule has 0 spiro atoms. The summed E-state index contributed by atoms with van der Waals surface area (Å²) in [6.07, 6.45) is 2.59. The highest BCUT2D eigenvalue weighted by molar-refractivity contribution is 5.83. The summed E-state index contributed by atoms with van der Waals surface area (Å²) in [5, 5.41) is 7.35. The van der Waals surface area contributed by atoms with Crippen molar-refractivity contribution in [2.45, 2.75) is 39.8 Å². The molecule has 0 aliphatic carbocycles. The first-order valence-electron chi connectivity index (χ1n) is 12.6. The molecular weight excluding hydrogens is 452 g/mol. The number of rotatable bonds is 7.